The van der Waals surface area contributed by atoms with Crippen LogP contribution in [0, 0.1) is 11.8 Å². The Hall–Kier alpha value is -0.530. The molecular weight excluding hydrogens is 174 g/mol. The molecule has 0 spiro atoms. The van der Waals surface area contributed by atoms with Gasteiger partial charge in [0, 0.05) is 6.92 Å². The van der Waals surface area contributed by atoms with Crippen molar-refractivity contribution in [2.75, 3.05) is 0 Å². The van der Waals surface area contributed by atoms with Crippen molar-refractivity contribution in [3.8, 4) is 0 Å². The Morgan fingerprint density at radius 2 is 1.86 bits per heavy atom. The van der Waals surface area contributed by atoms with Crippen molar-refractivity contribution in [2.24, 2.45) is 16.8 Å². The molecule has 0 radical (unpaired) electrons. The molecule has 0 N–H and O–H groups in total. The molecule has 4 atom stereocenters. The molecule has 1 heterocycles. The monoisotopic (exact) mass is 193 g/mol. The lowest BCUT2D eigenvalue weighted by Gasteiger charge is -2.39. The summed E-state index contributed by atoms with van der Waals surface area (Å²) < 4.78 is 5.76. The molecule has 2 saturated carbocycles. The third-order valence-electron chi connectivity index (χ3n) is 4.24. The summed E-state index contributed by atoms with van der Waals surface area (Å²) in [6.45, 7) is 2.00. The Morgan fingerprint density at radius 1 is 1.14 bits per heavy atom. The van der Waals surface area contributed by atoms with E-state index in [2.05, 4.69) is 4.99 Å². The molecule has 1 aliphatic heterocycles. The molecule has 2 heteroatoms. The molecule has 3 aliphatic rings. The van der Waals surface area contributed by atoms with Crippen LogP contribution in [-0.2, 0) is 4.74 Å². The van der Waals surface area contributed by atoms with E-state index in [1.165, 1.54) is 38.5 Å². The van der Waals surface area contributed by atoms with Crippen LogP contribution in [0.15, 0.2) is 4.99 Å². The minimum Gasteiger partial charge on any atom is -0.476 e. The van der Waals surface area contributed by atoms with Gasteiger partial charge in [-0.15, -0.1) is 0 Å². The molecule has 0 bridgehead atoms. The first-order chi connectivity index (χ1) is 6.83. The lowest BCUT2D eigenvalue weighted by atomic mass is 9.68. The van der Waals surface area contributed by atoms with E-state index in [4.69, 9.17) is 4.74 Å². The molecule has 0 aromatic heterocycles. The zero-order valence-electron chi connectivity index (χ0n) is 8.91. The Morgan fingerprint density at radius 3 is 2.64 bits per heavy atom. The van der Waals surface area contributed by atoms with Crippen LogP contribution in [0.4, 0.5) is 0 Å². The smallest absolute Gasteiger partial charge is 0.180 e. The summed E-state index contributed by atoms with van der Waals surface area (Å²) in [5.41, 5.74) is 0. The molecule has 0 amide bonds. The molecule has 78 valence electrons. The van der Waals surface area contributed by atoms with Crippen molar-refractivity contribution in [2.45, 2.75) is 57.6 Å². The Kier molecular flexibility index (Phi) is 2.03. The fraction of sp³-hybridized carbons (Fsp3) is 0.917. The summed E-state index contributed by atoms with van der Waals surface area (Å²) in [5.74, 6) is 2.84. The molecule has 14 heavy (non-hydrogen) atoms. The van der Waals surface area contributed by atoms with Crippen LogP contribution < -0.4 is 0 Å². The summed E-state index contributed by atoms with van der Waals surface area (Å²) in [6.07, 6.45) is 8.79. The standard InChI is InChI=1S/C12H19NO/c1-8-13-11-6-9-4-2-3-5-10(9)7-12(11)14-8/h9-12H,2-7H2,1H3. The molecule has 4 unspecified atom stereocenters. The van der Waals surface area contributed by atoms with Gasteiger partial charge in [0.1, 0.15) is 6.10 Å². The molecule has 0 aromatic rings. The lowest BCUT2D eigenvalue weighted by Crippen LogP contribution is -2.38. The number of aliphatic imine (C=N–C) groups is 1. The average molecular weight is 193 g/mol. The van der Waals surface area contributed by atoms with E-state index < -0.39 is 0 Å². The Bertz CT molecular complexity index is 261. The van der Waals surface area contributed by atoms with Gasteiger partial charge in [-0.25, -0.2) is 4.99 Å². The van der Waals surface area contributed by atoms with Gasteiger partial charge in [0.15, 0.2) is 5.90 Å². The Labute approximate surface area is 85.7 Å². The van der Waals surface area contributed by atoms with Crippen LogP contribution in [-0.4, -0.2) is 18.0 Å². The van der Waals surface area contributed by atoms with Crippen LogP contribution in [0.1, 0.15) is 45.4 Å². The van der Waals surface area contributed by atoms with Gasteiger partial charge < -0.3 is 4.74 Å². The van der Waals surface area contributed by atoms with Crippen LogP contribution in [0.5, 0.6) is 0 Å². The minimum atomic E-state index is 0.439. The second-order valence-corrected chi connectivity index (χ2v) is 5.15. The highest BCUT2D eigenvalue weighted by molar-refractivity contribution is 5.75. The average Bonchev–Trinajstić information content (AvgIpc) is 2.53. The summed E-state index contributed by atoms with van der Waals surface area (Å²) in [6, 6.07) is 0.509. The maximum absolute atomic E-state index is 5.76. The molecule has 3 rings (SSSR count). The molecule has 0 aromatic carbocycles. The van der Waals surface area contributed by atoms with E-state index in [1.54, 1.807) is 0 Å². The van der Waals surface area contributed by atoms with Gasteiger partial charge in [0.2, 0.25) is 0 Å². The zero-order chi connectivity index (χ0) is 9.54. The topological polar surface area (TPSA) is 21.6 Å². The molecule has 2 fully saturated rings. The first-order valence-electron chi connectivity index (χ1n) is 6.04. The van der Waals surface area contributed by atoms with E-state index in [0.717, 1.165) is 17.7 Å². The maximum Gasteiger partial charge on any atom is 0.180 e. The predicted octanol–water partition coefficient (Wildman–Crippen LogP) is 2.77. The van der Waals surface area contributed by atoms with Crippen molar-refractivity contribution in [3.05, 3.63) is 0 Å². The van der Waals surface area contributed by atoms with Crippen molar-refractivity contribution < 1.29 is 4.74 Å². The third kappa shape index (κ3) is 1.35. The van der Waals surface area contributed by atoms with E-state index in [-0.39, 0.29) is 0 Å². The first kappa shape index (κ1) is 8.75. The van der Waals surface area contributed by atoms with Gasteiger partial charge in [0.25, 0.3) is 0 Å². The van der Waals surface area contributed by atoms with Crippen molar-refractivity contribution in [3.63, 3.8) is 0 Å². The van der Waals surface area contributed by atoms with Crippen LogP contribution >= 0.6 is 0 Å². The second-order valence-electron chi connectivity index (χ2n) is 5.15. The fourth-order valence-corrected chi connectivity index (χ4v) is 3.57. The van der Waals surface area contributed by atoms with Gasteiger partial charge in [0.05, 0.1) is 6.04 Å². The highest BCUT2D eigenvalue weighted by Gasteiger charge is 2.41. The zero-order valence-corrected chi connectivity index (χ0v) is 8.91. The van der Waals surface area contributed by atoms with Crippen LogP contribution in [0.25, 0.3) is 0 Å². The van der Waals surface area contributed by atoms with Crippen LogP contribution in [0.2, 0.25) is 0 Å². The van der Waals surface area contributed by atoms with E-state index >= 15 is 0 Å². The van der Waals surface area contributed by atoms with Crippen molar-refractivity contribution in [1.29, 1.82) is 0 Å². The molecule has 2 aliphatic carbocycles. The van der Waals surface area contributed by atoms with Gasteiger partial charge in [-0.05, 0) is 24.7 Å². The SMILES string of the molecule is CC1=NC2CC3CCCCC3CC2O1. The third-order valence-corrected chi connectivity index (χ3v) is 4.24. The number of ether oxygens (including phenoxy) is 1. The summed E-state index contributed by atoms with van der Waals surface area (Å²) in [4.78, 5) is 4.60. The summed E-state index contributed by atoms with van der Waals surface area (Å²) >= 11 is 0. The first-order valence-corrected chi connectivity index (χ1v) is 6.04. The van der Waals surface area contributed by atoms with Gasteiger partial charge in [-0.3, -0.25) is 0 Å². The predicted molar refractivity (Wildman–Crippen MR) is 56.5 cm³/mol. The number of nitrogens with zero attached hydrogens (tertiary/aromatic N) is 1. The maximum atomic E-state index is 5.76. The number of hydrogen-bond donors (Lipinski definition) is 0. The number of rotatable bonds is 0. The van der Waals surface area contributed by atoms with Gasteiger partial charge in [-0.2, -0.15) is 0 Å². The summed E-state index contributed by atoms with van der Waals surface area (Å²) in [5, 5.41) is 0. The second kappa shape index (κ2) is 3.25. The molecule has 0 saturated heterocycles. The largest absolute Gasteiger partial charge is 0.476 e. The molecule has 2 nitrogen and oxygen atoms in total. The van der Waals surface area contributed by atoms with Gasteiger partial charge >= 0.3 is 0 Å². The highest BCUT2D eigenvalue weighted by Crippen LogP contribution is 2.43. The minimum absolute atomic E-state index is 0.439. The van der Waals surface area contributed by atoms with Crippen molar-refractivity contribution >= 4 is 5.90 Å². The molecular formula is C12H19NO. The highest BCUT2D eigenvalue weighted by atomic mass is 16.5. The normalized spacial score (nSPS) is 46.2. The van der Waals surface area contributed by atoms with E-state index in [1.807, 2.05) is 6.92 Å². The Balaban J connectivity index is 1.74. The quantitative estimate of drug-likeness (QED) is 0.579. The number of hydrogen-bond acceptors (Lipinski definition) is 2. The fourth-order valence-electron chi connectivity index (χ4n) is 3.57. The van der Waals surface area contributed by atoms with E-state index in [0.29, 0.717) is 12.1 Å². The van der Waals surface area contributed by atoms with Gasteiger partial charge in [-0.1, -0.05) is 25.7 Å². The number of fused-ring (bicyclic) bond motifs is 2. The lowest BCUT2D eigenvalue weighted by molar-refractivity contribution is 0.0599. The summed E-state index contributed by atoms with van der Waals surface area (Å²) in [7, 11) is 0. The van der Waals surface area contributed by atoms with E-state index in [9.17, 15) is 0 Å². The van der Waals surface area contributed by atoms with Crippen LogP contribution in [0.3, 0.4) is 0 Å². The van der Waals surface area contributed by atoms with Crippen molar-refractivity contribution in [1.82, 2.24) is 0 Å².